The van der Waals surface area contributed by atoms with Crippen molar-refractivity contribution in [3.8, 4) is 0 Å². The molecule has 2 rings (SSSR count). The second-order valence-corrected chi connectivity index (χ2v) is 5.57. The van der Waals surface area contributed by atoms with E-state index in [2.05, 4.69) is 6.92 Å². The molecular weight excluding hydrogens is 194 g/mol. The largest absolute Gasteiger partial charge is 0.294 e. The summed E-state index contributed by atoms with van der Waals surface area (Å²) >= 11 is 0. The van der Waals surface area contributed by atoms with Crippen LogP contribution < -0.4 is 0 Å². The van der Waals surface area contributed by atoms with E-state index in [1.54, 1.807) is 5.71 Å². The van der Waals surface area contributed by atoms with Crippen LogP contribution in [0.25, 0.3) is 0 Å². The van der Waals surface area contributed by atoms with Gasteiger partial charge < -0.3 is 0 Å². The highest BCUT2D eigenvalue weighted by Crippen LogP contribution is 2.33. The van der Waals surface area contributed by atoms with Gasteiger partial charge >= 0.3 is 0 Å². The first-order chi connectivity index (χ1) is 7.92. The van der Waals surface area contributed by atoms with E-state index in [1.807, 2.05) is 0 Å². The molecule has 0 N–H and O–H groups in total. The van der Waals surface area contributed by atoms with Crippen LogP contribution in [0, 0.1) is 11.8 Å². The van der Waals surface area contributed by atoms with Gasteiger partial charge in [-0.15, -0.1) is 0 Å². The van der Waals surface area contributed by atoms with Crippen LogP contribution in [-0.4, -0.2) is 12.3 Å². The highest BCUT2D eigenvalue weighted by atomic mass is 14.7. The Morgan fingerprint density at radius 3 is 1.62 bits per heavy atom. The van der Waals surface area contributed by atoms with E-state index in [1.165, 1.54) is 64.2 Å². The molecule has 0 unspecified atom stereocenters. The maximum Gasteiger partial charge on any atom is 0.0360 e. The maximum atomic E-state index is 4.89. The summed E-state index contributed by atoms with van der Waals surface area (Å²) < 4.78 is 0. The molecule has 2 fully saturated rings. The summed E-state index contributed by atoms with van der Waals surface area (Å²) in [5, 5.41) is 0. The highest BCUT2D eigenvalue weighted by molar-refractivity contribution is 5.89. The highest BCUT2D eigenvalue weighted by Gasteiger charge is 2.26. The molecular formula is C15H27N. The van der Waals surface area contributed by atoms with Gasteiger partial charge in [0.15, 0.2) is 0 Å². The van der Waals surface area contributed by atoms with E-state index >= 15 is 0 Å². The van der Waals surface area contributed by atoms with Gasteiger partial charge in [0, 0.05) is 12.3 Å². The Balaban J connectivity index is 2.00. The van der Waals surface area contributed by atoms with Gasteiger partial charge in [-0.05, 0) is 44.4 Å². The third-order valence-electron chi connectivity index (χ3n) is 4.39. The zero-order valence-corrected chi connectivity index (χ0v) is 10.9. The normalized spacial score (nSPS) is 24.3. The van der Waals surface area contributed by atoms with E-state index in [0.29, 0.717) is 0 Å². The topological polar surface area (TPSA) is 12.4 Å². The van der Waals surface area contributed by atoms with Gasteiger partial charge in [0.25, 0.3) is 0 Å². The van der Waals surface area contributed by atoms with Crippen LogP contribution in [0.4, 0.5) is 0 Å². The summed E-state index contributed by atoms with van der Waals surface area (Å²) in [4.78, 5) is 4.89. The zero-order chi connectivity index (χ0) is 11.2. The Morgan fingerprint density at radius 1 is 0.812 bits per heavy atom. The second-order valence-electron chi connectivity index (χ2n) is 5.57. The molecule has 2 aliphatic rings. The van der Waals surface area contributed by atoms with E-state index in [9.17, 15) is 0 Å². The monoisotopic (exact) mass is 221 g/mol. The standard InChI is InChI=1S/C15H27N/c1-2-16-15(13-9-5-3-6-10-13)14-11-7-4-8-12-14/h13-14H,2-12H2,1H3. The van der Waals surface area contributed by atoms with Crippen molar-refractivity contribution in [1.29, 1.82) is 0 Å². The number of nitrogens with zero attached hydrogens (tertiary/aromatic N) is 1. The minimum absolute atomic E-state index is 0.858. The van der Waals surface area contributed by atoms with Crippen molar-refractivity contribution in [3.63, 3.8) is 0 Å². The third-order valence-corrected chi connectivity index (χ3v) is 4.39. The van der Waals surface area contributed by atoms with Crippen LogP contribution >= 0.6 is 0 Å². The molecule has 0 radical (unpaired) electrons. The predicted molar refractivity (Wildman–Crippen MR) is 71.1 cm³/mol. The summed E-state index contributed by atoms with van der Waals surface area (Å²) in [6.07, 6.45) is 14.4. The smallest absolute Gasteiger partial charge is 0.0360 e. The average molecular weight is 221 g/mol. The van der Waals surface area contributed by atoms with Crippen molar-refractivity contribution in [3.05, 3.63) is 0 Å². The van der Waals surface area contributed by atoms with Gasteiger partial charge in [0.2, 0.25) is 0 Å². The van der Waals surface area contributed by atoms with Gasteiger partial charge in [-0.1, -0.05) is 38.5 Å². The van der Waals surface area contributed by atoms with Crippen LogP contribution in [0.2, 0.25) is 0 Å². The van der Waals surface area contributed by atoms with E-state index < -0.39 is 0 Å². The number of hydrogen-bond donors (Lipinski definition) is 0. The minimum Gasteiger partial charge on any atom is -0.294 e. The fraction of sp³-hybridized carbons (Fsp3) is 0.933. The molecule has 0 amide bonds. The summed E-state index contributed by atoms with van der Waals surface area (Å²) in [6, 6.07) is 0. The molecule has 0 aromatic heterocycles. The minimum atomic E-state index is 0.858. The molecule has 0 atom stereocenters. The molecule has 1 heteroatoms. The lowest BCUT2D eigenvalue weighted by Crippen LogP contribution is -2.27. The third kappa shape index (κ3) is 3.09. The lowest BCUT2D eigenvalue weighted by molar-refractivity contribution is 0.387. The molecule has 2 aliphatic carbocycles. The van der Waals surface area contributed by atoms with Crippen molar-refractivity contribution >= 4 is 5.71 Å². The molecule has 92 valence electrons. The molecule has 2 saturated carbocycles. The van der Waals surface area contributed by atoms with E-state index in [-0.39, 0.29) is 0 Å². The van der Waals surface area contributed by atoms with Crippen molar-refractivity contribution < 1.29 is 0 Å². The van der Waals surface area contributed by atoms with Crippen LogP contribution in [0.3, 0.4) is 0 Å². The molecule has 0 spiro atoms. The van der Waals surface area contributed by atoms with Gasteiger partial charge in [0.1, 0.15) is 0 Å². The van der Waals surface area contributed by atoms with E-state index in [0.717, 1.165) is 18.4 Å². The number of aliphatic imine (C=N–C) groups is 1. The van der Waals surface area contributed by atoms with Crippen molar-refractivity contribution in [2.75, 3.05) is 6.54 Å². The molecule has 0 heterocycles. The van der Waals surface area contributed by atoms with Gasteiger partial charge in [0.05, 0.1) is 0 Å². The predicted octanol–water partition coefficient (Wildman–Crippen LogP) is 4.61. The lowest BCUT2D eigenvalue weighted by Gasteiger charge is -2.31. The quantitative estimate of drug-likeness (QED) is 0.617. The number of rotatable bonds is 3. The Morgan fingerprint density at radius 2 is 1.25 bits per heavy atom. The fourth-order valence-electron chi connectivity index (χ4n) is 3.57. The SMILES string of the molecule is CCN=C(C1CCCCC1)C1CCCCC1. The van der Waals surface area contributed by atoms with Gasteiger partial charge in [-0.25, -0.2) is 0 Å². The first-order valence-corrected chi connectivity index (χ1v) is 7.46. The summed E-state index contributed by atoms with van der Waals surface area (Å²) in [7, 11) is 0. The molecule has 0 saturated heterocycles. The van der Waals surface area contributed by atoms with Crippen LogP contribution in [0.5, 0.6) is 0 Å². The lowest BCUT2D eigenvalue weighted by atomic mass is 9.76. The van der Waals surface area contributed by atoms with Crippen LogP contribution in [0.1, 0.15) is 71.1 Å². The fourth-order valence-corrected chi connectivity index (χ4v) is 3.57. The molecule has 0 aromatic rings. The summed E-state index contributed by atoms with van der Waals surface area (Å²) in [5.74, 6) is 1.72. The molecule has 0 aliphatic heterocycles. The average Bonchev–Trinajstić information content (AvgIpc) is 2.38. The summed E-state index contributed by atoms with van der Waals surface area (Å²) in [6.45, 7) is 3.20. The zero-order valence-electron chi connectivity index (χ0n) is 10.9. The van der Waals surface area contributed by atoms with Crippen molar-refractivity contribution in [1.82, 2.24) is 0 Å². The molecule has 0 aromatic carbocycles. The van der Waals surface area contributed by atoms with E-state index in [4.69, 9.17) is 4.99 Å². The molecule has 16 heavy (non-hydrogen) atoms. The van der Waals surface area contributed by atoms with Crippen LogP contribution in [-0.2, 0) is 0 Å². The van der Waals surface area contributed by atoms with Gasteiger partial charge in [-0.3, -0.25) is 4.99 Å². The van der Waals surface area contributed by atoms with Crippen molar-refractivity contribution in [2.24, 2.45) is 16.8 Å². The molecule has 0 bridgehead atoms. The van der Waals surface area contributed by atoms with Gasteiger partial charge in [-0.2, -0.15) is 0 Å². The first kappa shape index (κ1) is 12.1. The summed E-state index contributed by atoms with van der Waals surface area (Å²) in [5.41, 5.74) is 1.63. The molecule has 1 nitrogen and oxygen atoms in total. The Hall–Kier alpha value is -0.330. The second kappa shape index (κ2) is 6.42. The maximum absolute atomic E-state index is 4.89. The Labute approximate surface area is 101 Å². The number of hydrogen-bond acceptors (Lipinski definition) is 1. The van der Waals surface area contributed by atoms with Crippen LogP contribution in [0.15, 0.2) is 4.99 Å². The Kier molecular flexibility index (Phi) is 4.87. The van der Waals surface area contributed by atoms with Crippen molar-refractivity contribution in [2.45, 2.75) is 71.1 Å². The first-order valence-electron chi connectivity index (χ1n) is 7.46. The Bertz CT molecular complexity index is 200.